The molecule has 0 bridgehead atoms. The Morgan fingerprint density at radius 2 is 2.22 bits per heavy atom. The summed E-state index contributed by atoms with van der Waals surface area (Å²) in [7, 11) is 0. The van der Waals surface area contributed by atoms with Crippen LogP contribution in [-0.2, 0) is 11.2 Å². The lowest BCUT2D eigenvalue weighted by Gasteiger charge is -2.35. The molecule has 1 saturated heterocycles. The zero-order valence-corrected chi connectivity index (χ0v) is 14.1. The fraction of sp³-hybridized carbons (Fsp3) is 0.444. The molecule has 2 aliphatic heterocycles. The van der Waals surface area contributed by atoms with Gasteiger partial charge in [-0.25, -0.2) is 4.98 Å². The number of fused-ring (bicyclic) bond motifs is 1. The second-order valence-corrected chi connectivity index (χ2v) is 7.62. The standard InChI is InChI=1S/C18H21N3OS/c1-13-19-8-10-21(13)15-6-4-9-20(12-15)18(22)17-11-14-5-2-3-7-16(14)23-17/h2-3,5,7-8,10,15,17H,4,6,9,11-12H2,1H3/t15-,17-/m0/s1. The van der Waals surface area contributed by atoms with Crippen molar-refractivity contribution in [1.82, 2.24) is 14.5 Å². The Kier molecular flexibility index (Phi) is 3.89. The molecule has 5 heteroatoms. The van der Waals surface area contributed by atoms with Crippen molar-refractivity contribution in [1.29, 1.82) is 0 Å². The smallest absolute Gasteiger partial charge is 0.236 e. The van der Waals surface area contributed by atoms with Crippen LogP contribution in [0.4, 0.5) is 0 Å². The van der Waals surface area contributed by atoms with Crippen LogP contribution < -0.4 is 0 Å². The molecule has 0 N–H and O–H groups in total. The van der Waals surface area contributed by atoms with Crippen molar-refractivity contribution in [2.45, 2.75) is 42.4 Å². The van der Waals surface area contributed by atoms with Gasteiger partial charge >= 0.3 is 0 Å². The third kappa shape index (κ3) is 2.78. The van der Waals surface area contributed by atoms with E-state index in [9.17, 15) is 4.79 Å². The quantitative estimate of drug-likeness (QED) is 0.851. The highest BCUT2D eigenvalue weighted by Gasteiger charge is 2.34. The third-order valence-corrected chi connectivity index (χ3v) is 6.19. The van der Waals surface area contributed by atoms with Crippen LogP contribution in [0.2, 0.25) is 0 Å². The van der Waals surface area contributed by atoms with Crippen LogP contribution in [0, 0.1) is 6.92 Å². The van der Waals surface area contributed by atoms with E-state index < -0.39 is 0 Å². The SMILES string of the molecule is Cc1nccn1[C@H]1CCCN(C(=O)[C@@H]2Cc3ccccc3S2)C1. The van der Waals surface area contributed by atoms with Gasteiger partial charge in [0.05, 0.1) is 11.3 Å². The highest BCUT2D eigenvalue weighted by Crippen LogP contribution is 2.38. The minimum atomic E-state index is 0.0510. The van der Waals surface area contributed by atoms with Crippen molar-refractivity contribution in [2.24, 2.45) is 0 Å². The molecule has 1 amide bonds. The minimum absolute atomic E-state index is 0.0510. The summed E-state index contributed by atoms with van der Waals surface area (Å²) in [5, 5.41) is 0.0510. The first kappa shape index (κ1) is 14.8. The van der Waals surface area contributed by atoms with Gasteiger partial charge in [-0.15, -0.1) is 11.8 Å². The molecule has 0 spiro atoms. The fourth-order valence-corrected chi connectivity index (χ4v) is 4.96. The number of amides is 1. The molecule has 2 aliphatic rings. The first-order valence-electron chi connectivity index (χ1n) is 8.25. The summed E-state index contributed by atoms with van der Waals surface area (Å²) in [6, 6.07) is 8.75. The number of likely N-dealkylation sites (tertiary alicyclic amines) is 1. The molecule has 3 heterocycles. The number of carbonyl (C=O) groups excluding carboxylic acids is 1. The lowest BCUT2D eigenvalue weighted by atomic mass is 10.0. The topological polar surface area (TPSA) is 38.1 Å². The molecule has 23 heavy (non-hydrogen) atoms. The average Bonchev–Trinajstić information content (AvgIpc) is 3.20. The molecular weight excluding hydrogens is 306 g/mol. The van der Waals surface area contributed by atoms with Crippen LogP contribution >= 0.6 is 11.8 Å². The van der Waals surface area contributed by atoms with E-state index in [2.05, 4.69) is 38.7 Å². The first-order valence-corrected chi connectivity index (χ1v) is 9.13. The number of aryl methyl sites for hydroxylation is 1. The molecule has 2 atom stereocenters. The summed E-state index contributed by atoms with van der Waals surface area (Å²) in [5.41, 5.74) is 1.31. The largest absolute Gasteiger partial charge is 0.340 e. The first-order chi connectivity index (χ1) is 11.2. The Balaban J connectivity index is 1.46. The molecule has 120 valence electrons. The van der Waals surface area contributed by atoms with Gasteiger partial charge in [-0.2, -0.15) is 0 Å². The van der Waals surface area contributed by atoms with Gasteiger partial charge in [-0.1, -0.05) is 18.2 Å². The van der Waals surface area contributed by atoms with E-state index in [0.717, 1.165) is 38.2 Å². The highest BCUT2D eigenvalue weighted by molar-refractivity contribution is 8.01. The molecular formula is C18H21N3OS. The van der Waals surface area contributed by atoms with E-state index in [-0.39, 0.29) is 5.25 Å². The molecule has 2 aromatic rings. The van der Waals surface area contributed by atoms with E-state index in [1.54, 1.807) is 11.8 Å². The van der Waals surface area contributed by atoms with Crippen LogP contribution in [0.5, 0.6) is 0 Å². The van der Waals surface area contributed by atoms with Crippen molar-refractivity contribution < 1.29 is 4.79 Å². The molecule has 4 rings (SSSR count). The fourth-order valence-electron chi connectivity index (χ4n) is 3.68. The Morgan fingerprint density at radius 1 is 1.35 bits per heavy atom. The maximum atomic E-state index is 12.9. The number of carbonyl (C=O) groups is 1. The molecule has 0 aliphatic carbocycles. The predicted molar refractivity (Wildman–Crippen MR) is 91.6 cm³/mol. The van der Waals surface area contributed by atoms with Crippen LogP contribution in [-0.4, -0.2) is 38.7 Å². The Morgan fingerprint density at radius 3 is 3.00 bits per heavy atom. The Bertz CT molecular complexity index is 702. The summed E-state index contributed by atoms with van der Waals surface area (Å²) in [4.78, 5) is 20.6. The van der Waals surface area contributed by atoms with Gasteiger partial charge in [0.15, 0.2) is 0 Å². The number of piperidine rings is 1. The lowest BCUT2D eigenvalue weighted by molar-refractivity contribution is -0.132. The van der Waals surface area contributed by atoms with E-state index in [1.807, 2.05) is 19.3 Å². The molecule has 0 saturated carbocycles. The molecule has 0 radical (unpaired) electrons. The van der Waals surface area contributed by atoms with Crippen molar-refractivity contribution in [3.05, 3.63) is 48.0 Å². The average molecular weight is 327 g/mol. The van der Waals surface area contributed by atoms with Crippen LogP contribution in [0.3, 0.4) is 0 Å². The molecule has 4 nitrogen and oxygen atoms in total. The predicted octanol–water partition coefficient (Wildman–Crippen LogP) is 3.07. The van der Waals surface area contributed by atoms with Crippen molar-refractivity contribution in [3.63, 3.8) is 0 Å². The van der Waals surface area contributed by atoms with Gasteiger partial charge in [0.25, 0.3) is 0 Å². The van der Waals surface area contributed by atoms with E-state index in [4.69, 9.17) is 0 Å². The monoisotopic (exact) mass is 327 g/mol. The van der Waals surface area contributed by atoms with Gasteiger partial charge in [-0.05, 0) is 37.8 Å². The van der Waals surface area contributed by atoms with Gasteiger partial charge < -0.3 is 9.47 Å². The molecule has 1 fully saturated rings. The van der Waals surface area contributed by atoms with Gasteiger partial charge in [-0.3, -0.25) is 4.79 Å². The number of hydrogen-bond acceptors (Lipinski definition) is 3. The second kappa shape index (κ2) is 6.04. The summed E-state index contributed by atoms with van der Waals surface area (Å²) < 4.78 is 2.22. The number of benzene rings is 1. The number of imidazole rings is 1. The van der Waals surface area contributed by atoms with Gasteiger partial charge in [0.1, 0.15) is 5.82 Å². The molecule has 1 aromatic carbocycles. The number of hydrogen-bond donors (Lipinski definition) is 0. The van der Waals surface area contributed by atoms with E-state index >= 15 is 0 Å². The number of rotatable bonds is 2. The summed E-state index contributed by atoms with van der Waals surface area (Å²) in [5.74, 6) is 1.33. The highest BCUT2D eigenvalue weighted by atomic mass is 32.2. The van der Waals surface area contributed by atoms with E-state index in [1.165, 1.54) is 10.5 Å². The zero-order valence-electron chi connectivity index (χ0n) is 13.3. The van der Waals surface area contributed by atoms with Crippen LogP contribution in [0.1, 0.15) is 30.3 Å². The van der Waals surface area contributed by atoms with Crippen LogP contribution in [0.15, 0.2) is 41.6 Å². The lowest BCUT2D eigenvalue weighted by Crippen LogP contribution is -2.44. The number of nitrogens with zero attached hydrogens (tertiary/aromatic N) is 3. The van der Waals surface area contributed by atoms with Crippen LogP contribution in [0.25, 0.3) is 0 Å². The van der Waals surface area contributed by atoms with E-state index in [0.29, 0.717) is 11.9 Å². The number of aromatic nitrogens is 2. The molecule has 1 aromatic heterocycles. The Labute approximate surface area is 140 Å². The van der Waals surface area contributed by atoms with Crippen molar-refractivity contribution >= 4 is 17.7 Å². The molecule has 0 unspecified atom stereocenters. The summed E-state index contributed by atoms with van der Waals surface area (Å²) in [6.45, 7) is 3.73. The van der Waals surface area contributed by atoms with Crippen molar-refractivity contribution in [2.75, 3.05) is 13.1 Å². The Hall–Kier alpha value is -1.75. The second-order valence-electron chi connectivity index (χ2n) is 6.38. The summed E-state index contributed by atoms with van der Waals surface area (Å²) >= 11 is 1.73. The minimum Gasteiger partial charge on any atom is -0.340 e. The van der Waals surface area contributed by atoms with Crippen molar-refractivity contribution in [3.8, 4) is 0 Å². The normalized spacial score (nSPS) is 23.8. The van der Waals surface area contributed by atoms with Gasteiger partial charge in [0.2, 0.25) is 5.91 Å². The number of thioether (sulfide) groups is 1. The maximum Gasteiger partial charge on any atom is 0.236 e. The maximum absolute atomic E-state index is 12.9. The third-order valence-electron chi connectivity index (χ3n) is 4.89. The summed E-state index contributed by atoms with van der Waals surface area (Å²) in [6.07, 6.45) is 6.94. The van der Waals surface area contributed by atoms with Gasteiger partial charge in [0, 0.05) is 30.4 Å². The zero-order chi connectivity index (χ0) is 15.8.